The molecule has 7 heteroatoms. The fourth-order valence-electron chi connectivity index (χ4n) is 1.21. The molecule has 0 aliphatic rings. The summed E-state index contributed by atoms with van der Waals surface area (Å²) in [4.78, 5) is 10.5. The molecule has 94 valence electrons. The molecule has 0 aliphatic carbocycles. The molecule has 1 aromatic carbocycles. The van der Waals surface area contributed by atoms with E-state index in [2.05, 4.69) is 0 Å². The van der Waals surface area contributed by atoms with Gasteiger partial charge in [-0.1, -0.05) is 17.7 Å². The highest BCUT2D eigenvalue weighted by Gasteiger charge is 2.31. The minimum Gasteiger partial charge on any atom is -0.480 e. The Hall–Kier alpha value is -1.27. The van der Waals surface area contributed by atoms with E-state index >= 15 is 0 Å². The van der Waals surface area contributed by atoms with E-state index in [0.29, 0.717) is 0 Å². The first kappa shape index (κ1) is 13.8. The molecule has 17 heavy (non-hydrogen) atoms. The molecule has 0 heterocycles. The predicted octanol–water partition coefficient (Wildman–Crippen LogP) is 2.31. The van der Waals surface area contributed by atoms with Gasteiger partial charge in [-0.3, -0.25) is 4.79 Å². The molecule has 3 N–H and O–H groups in total. The lowest BCUT2D eigenvalue weighted by Gasteiger charge is -2.11. The van der Waals surface area contributed by atoms with Crippen LogP contribution in [0.3, 0.4) is 0 Å². The average Bonchev–Trinajstić information content (AvgIpc) is 2.19. The van der Waals surface area contributed by atoms with E-state index in [1.807, 2.05) is 0 Å². The van der Waals surface area contributed by atoms with Gasteiger partial charge in [-0.2, -0.15) is 13.2 Å². The Bertz CT molecular complexity index is 434. The number of hydrogen-bond acceptors (Lipinski definition) is 2. The van der Waals surface area contributed by atoms with Crippen molar-refractivity contribution in [2.45, 2.75) is 18.6 Å². The highest BCUT2D eigenvalue weighted by Crippen LogP contribution is 2.32. The lowest BCUT2D eigenvalue weighted by atomic mass is 10.0. The minimum absolute atomic E-state index is 0.119. The van der Waals surface area contributed by atoms with E-state index in [0.717, 1.165) is 18.2 Å². The van der Waals surface area contributed by atoms with Gasteiger partial charge in [0.25, 0.3) is 0 Å². The first-order valence-electron chi connectivity index (χ1n) is 4.56. The highest BCUT2D eigenvalue weighted by molar-refractivity contribution is 6.31. The molecule has 1 atom stereocenters. The van der Waals surface area contributed by atoms with Crippen LogP contribution in [0.25, 0.3) is 0 Å². The second-order valence-electron chi connectivity index (χ2n) is 3.45. The van der Waals surface area contributed by atoms with Gasteiger partial charge in [0.05, 0.1) is 5.56 Å². The Labute approximate surface area is 100.0 Å². The summed E-state index contributed by atoms with van der Waals surface area (Å²) in [6.45, 7) is 0. The Balaban J connectivity index is 2.95. The molecule has 0 amide bonds. The first-order valence-corrected chi connectivity index (χ1v) is 4.93. The molecular weight excluding hydrogens is 259 g/mol. The van der Waals surface area contributed by atoms with Crippen molar-refractivity contribution in [3.63, 3.8) is 0 Å². The molecule has 0 saturated carbocycles. The SMILES string of the molecule is NC(Cc1ccc(C(F)(F)F)cc1Cl)C(=O)O. The molecule has 0 aromatic heterocycles. The van der Waals surface area contributed by atoms with Gasteiger partial charge in [0.1, 0.15) is 6.04 Å². The number of nitrogens with two attached hydrogens (primary N) is 1. The lowest BCUT2D eigenvalue weighted by Crippen LogP contribution is -2.32. The third kappa shape index (κ3) is 3.61. The van der Waals surface area contributed by atoms with Crippen molar-refractivity contribution in [1.29, 1.82) is 0 Å². The third-order valence-electron chi connectivity index (χ3n) is 2.14. The normalized spacial score (nSPS) is 13.5. The second kappa shape index (κ2) is 4.93. The van der Waals surface area contributed by atoms with Gasteiger partial charge in [-0.05, 0) is 24.1 Å². The molecule has 0 aliphatic heterocycles. The van der Waals surface area contributed by atoms with Crippen molar-refractivity contribution in [2.75, 3.05) is 0 Å². The number of hydrogen-bond donors (Lipinski definition) is 2. The number of halogens is 4. The van der Waals surface area contributed by atoms with E-state index in [1.54, 1.807) is 0 Å². The summed E-state index contributed by atoms with van der Waals surface area (Å²) in [5, 5.41) is 8.43. The van der Waals surface area contributed by atoms with E-state index in [9.17, 15) is 18.0 Å². The minimum atomic E-state index is -4.48. The van der Waals surface area contributed by atoms with Crippen LogP contribution >= 0.6 is 11.6 Å². The molecular formula is C10H9ClF3NO2. The summed E-state index contributed by atoms with van der Waals surface area (Å²) in [5.74, 6) is -1.24. The number of alkyl halides is 3. The van der Waals surface area contributed by atoms with Crippen molar-refractivity contribution in [2.24, 2.45) is 5.73 Å². The molecule has 0 saturated heterocycles. The van der Waals surface area contributed by atoms with Crippen LogP contribution in [0.4, 0.5) is 13.2 Å². The quantitative estimate of drug-likeness (QED) is 0.883. The van der Waals surface area contributed by atoms with Crippen LogP contribution in [-0.2, 0) is 17.4 Å². The first-order chi connectivity index (χ1) is 7.71. The van der Waals surface area contributed by atoms with Gasteiger partial charge in [-0.15, -0.1) is 0 Å². The van der Waals surface area contributed by atoms with Crippen molar-refractivity contribution in [1.82, 2.24) is 0 Å². The average molecular weight is 268 g/mol. The molecule has 0 fully saturated rings. The van der Waals surface area contributed by atoms with Gasteiger partial charge in [-0.25, -0.2) is 0 Å². The lowest BCUT2D eigenvalue weighted by molar-refractivity contribution is -0.139. The summed E-state index contributed by atoms with van der Waals surface area (Å²) in [7, 11) is 0. The highest BCUT2D eigenvalue weighted by atomic mass is 35.5. The predicted molar refractivity (Wildman–Crippen MR) is 55.8 cm³/mol. The van der Waals surface area contributed by atoms with Gasteiger partial charge in [0.2, 0.25) is 0 Å². The summed E-state index contributed by atoms with van der Waals surface area (Å²) in [5.41, 5.74) is 4.65. The zero-order valence-corrected chi connectivity index (χ0v) is 9.22. The van der Waals surface area contributed by atoms with Crippen molar-refractivity contribution >= 4 is 17.6 Å². The van der Waals surface area contributed by atoms with Crippen LogP contribution in [0.15, 0.2) is 18.2 Å². The number of carboxylic acids is 1. The molecule has 1 rings (SSSR count). The van der Waals surface area contributed by atoms with E-state index < -0.39 is 23.8 Å². The monoisotopic (exact) mass is 267 g/mol. The summed E-state index contributed by atoms with van der Waals surface area (Å²) in [6.07, 6.45) is -4.59. The van der Waals surface area contributed by atoms with Gasteiger partial charge >= 0.3 is 12.1 Å². The van der Waals surface area contributed by atoms with Crippen LogP contribution in [0.2, 0.25) is 5.02 Å². The zero-order valence-electron chi connectivity index (χ0n) is 8.46. The van der Waals surface area contributed by atoms with E-state index in [4.69, 9.17) is 22.4 Å². The van der Waals surface area contributed by atoms with Gasteiger partial charge in [0, 0.05) is 5.02 Å². The smallest absolute Gasteiger partial charge is 0.416 e. The number of carbonyl (C=O) groups is 1. The number of carboxylic acid groups (broad SMARTS) is 1. The molecule has 1 unspecified atom stereocenters. The van der Waals surface area contributed by atoms with Crippen LogP contribution in [-0.4, -0.2) is 17.1 Å². The third-order valence-corrected chi connectivity index (χ3v) is 2.49. The van der Waals surface area contributed by atoms with Crippen molar-refractivity contribution in [3.05, 3.63) is 34.3 Å². The fraction of sp³-hybridized carbons (Fsp3) is 0.300. The molecule has 0 radical (unpaired) electrons. The van der Waals surface area contributed by atoms with Gasteiger partial charge < -0.3 is 10.8 Å². The number of rotatable bonds is 3. The number of benzene rings is 1. The largest absolute Gasteiger partial charge is 0.480 e. The van der Waals surface area contributed by atoms with Crippen LogP contribution in [0.1, 0.15) is 11.1 Å². The Morgan fingerprint density at radius 1 is 1.47 bits per heavy atom. The molecule has 0 bridgehead atoms. The number of aliphatic carboxylic acids is 1. The summed E-state index contributed by atoms with van der Waals surface area (Å²) < 4.78 is 36.9. The molecule has 0 spiro atoms. The maximum absolute atomic E-state index is 12.3. The van der Waals surface area contributed by atoms with Crippen LogP contribution in [0.5, 0.6) is 0 Å². The van der Waals surface area contributed by atoms with E-state index in [1.165, 1.54) is 0 Å². The zero-order chi connectivity index (χ0) is 13.2. The van der Waals surface area contributed by atoms with Gasteiger partial charge in [0.15, 0.2) is 0 Å². The summed E-state index contributed by atoms with van der Waals surface area (Å²) >= 11 is 5.64. The fourth-order valence-corrected chi connectivity index (χ4v) is 1.47. The Morgan fingerprint density at radius 3 is 2.47 bits per heavy atom. The Kier molecular flexibility index (Phi) is 4.00. The van der Waals surface area contributed by atoms with Crippen molar-refractivity contribution < 1.29 is 23.1 Å². The van der Waals surface area contributed by atoms with Crippen LogP contribution < -0.4 is 5.73 Å². The van der Waals surface area contributed by atoms with E-state index in [-0.39, 0.29) is 17.0 Å². The standard InChI is InChI=1S/C10H9ClF3NO2/c11-7-4-6(10(12,13)14)2-1-5(7)3-8(15)9(16)17/h1-2,4,8H,3,15H2,(H,16,17). The second-order valence-corrected chi connectivity index (χ2v) is 3.86. The topological polar surface area (TPSA) is 63.3 Å². The molecule has 1 aromatic rings. The maximum Gasteiger partial charge on any atom is 0.416 e. The molecule has 3 nitrogen and oxygen atoms in total. The maximum atomic E-state index is 12.3. The van der Waals surface area contributed by atoms with Crippen molar-refractivity contribution in [3.8, 4) is 0 Å². The Morgan fingerprint density at radius 2 is 2.06 bits per heavy atom. The summed E-state index contributed by atoms with van der Waals surface area (Å²) in [6, 6.07) is 1.54. The van der Waals surface area contributed by atoms with Crippen LogP contribution in [0, 0.1) is 0 Å².